The standard InChI is InChI=1S/C15H17BrO2S/c1-3-10-7-8-19-15(10)14(17)12-9-11(16)5-6-13(12)18-4-2/h5-9,14,17H,3-4H2,1-2H3. The number of hydrogen-bond acceptors (Lipinski definition) is 3. The number of benzene rings is 1. The van der Waals surface area contributed by atoms with Gasteiger partial charge in [0.25, 0.3) is 0 Å². The number of hydrogen-bond donors (Lipinski definition) is 1. The van der Waals surface area contributed by atoms with Crippen LogP contribution in [-0.4, -0.2) is 11.7 Å². The number of aliphatic hydroxyl groups is 1. The molecule has 2 aromatic rings. The molecule has 1 atom stereocenters. The lowest BCUT2D eigenvalue weighted by Crippen LogP contribution is -2.04. The van der Waals surface area contributed by atoms with Crippen LogP contribution in [-0.2, 0) is 6.42 Å². The third-order valence-electron chi connectivity index (χ3n) is 2.98. The average Bonchev–Trinajstić information content (AvgIpc) is 2.88. The van der Waals surface area contributed by atoms with Crippen molar-refractivity contribution in [1.29, 1.82) is 0 Å². The Kier molecular flexibility index (Phi) is 5.02. The smallest absolute Gasteiger partial charge is 0.125 e. The molecular weight excluding hydrogens is 324 g/mol. The zero-order valence-electron chi connectivity index (χ0n) is 11.0. The van der Waals surface area contributed by atoms with E-state index in [1.807, 2.05) is 30.5 Å². The van der Waals surface area contributed by atoms with Gasteiger partial charge in [-0.15, -0.1) is 11.3 Å². The van der Waals surface area contributed by atoms with Crippen molar-refractivity contribution >= 4 is 27.3 Å². The number of rotatable bonds is 5. The van der Waals surface area contributed by atoms with Crippen molar-refractivity contribution < 1.29 is 9.84 Å². The third-order valence-corrected chi connectivity index (χ3v) is 4.48. The van der Waals surface area contributed by atoms with Crippen LogP contribution in [0.4, 0.5) is 0 Å². The van der Waals surface area contributed by atoms with Crippen LogP contribution >= 0.6 is 27.3 Å². The molecule has 0 bridgehead atoms. The van der Waals surface area contributed by atoms with Crippen molar-refractivity contribution in [2.75, 3.05) is 6.61 Å². The molecule has 0 aliphatic heterocycles. The van der Waals surface area contributed by atoms with Crippen LogP contribution in [0.2, 0.25) is 0 Å². The summed E-state index contributed by atoms with van der Waals surface area (Å²) in [5.74, 6) is 0.744. The number of halogens is 1. The lowest BCUT2D eigenvalue weighted by molar-refractivity contribution is 0.214. The molecule has 0 saturated carbocycles. The predicted molar refractivity (Wildman–Crippen MR) is 83.1 cm³/mol. The molecule has 102 valence electrons. The summed E-state index contributed by atoms with van der Waals surface area (Å²) in [5, 5.41) is 12.7. The Morgan fingerprint density at radius 1 is 1.32 bits per heavy atom. The van der Waals surface area contributed by atoms with Gasteiger partial charge < -0.3 is 9.84 Å². The van der Waals surface area contributed by atoms with Crippen molar-refractivity contribution in [2.24, 2.45) is 0 Å². The van der Waals surface area contributed by atoms with E-state index in [0.717, 1.165) is 27.1 Å². The van der Waals surface area contributed by atoms with Crippen LogP contribution in [0.3, 0.4) is 0 Å². The molecule has 0 saturated heterocycles. The molecule has 0 aliphatic carbocycles. The first-order valence-corrected chi connectivity index (χ1v) is 8.01. The van der Waals surface area contributed by atoms with Gasteiger partial charge in [-0.05, 0) is 48.6 Å². The van der Waals surface area contributed by atoms with E-state index in [0.29, 0.717) is 6.61 Å². The second-order valence-electron chi connectivity index (χ2n) is 4.18. The fourth-order valence-corrected chi connectivity index (χ4v) is 3.42. The third kappa shape index (κ3) is 3.19. The summed E-state index contributed by atoms with van der Waals surface area (Å²) in [6.07, 6.45) is 0.294. The molecule has 0 aliphatic rings. The van der Waals surface area contributed by atoms with Gasteiger partial charge in [0, 0.05) is 14.9 Å². The maximum atomic E-state index is 10.6. The summed E-state index contributed by atoms with van der Waals surface area (Å²) in [5.41, 5.74) is 2.01. The summed E-state index contributed by atoms with van der Waals surface area (Å²) in [4.78, 5) is 1.00. The SMILES string of the molecule is CCOc1ccc(Br)cc1C(O)c1sccc1CC. The van der Waals surface area contributed by atoms with Gasteiger partial charge >= 0.3 is 0 Å². The van der Waals surface area contributed by atoms with Crippen LogP contribution in [0.15, 0.2) is 34.1 Å². The highest BCUT2D eigenvalue weighted by molar-refractivity contribution is 9.10. The lowest BCUT2D eigenvalue weighted by Gasteiger charge is -2.16. The molecule has 1 aromatic heterocycles. The fraction of sp³-hybridized carbons (Fsp3) is 0.333. The summed E-state index contributed by atoms with van der Waals surface area (Å²) >= 11 is 5.04. The van der Waals surface area contributed by atoms with Crippen LogP contribution in [0.1, 0.15) is 36.0 Å². The Bertz CT molecular complexity index is 551. The highest BCUT2D eigenvalue weighted by atomic mass is 79.9. The van der Waals surface area contributed by atoms with E-state index < -0.39 is 6.10 Å². The zero-order chi connectivity index (χ0) is 13.8. The van der Waals surface area contributed by atoms with Crippen molar-refractivity contribution in [2.45, 2.75) is 26.4 Å². The van der Waals surface area contributed by atoms with Gasteiger partial charge in [0.05, 0.1) is 6.61 Å². The quantitative estimate of drug-likeness (QED) is 0.864. The van der Waals surface area contributed by atoms with Gasteiger partial charge in [0.15, 0.2) is 0 Å². The monoisotopic (exact) mass is 340 g/mol. The number of aliphatic hydroxyl groups excluding tert-OH is 1. The van der Waals surface area contributed by atoms with E-state index in [1.165, 1.54) is 5.56 Å². The van der Waals surface area contributed by atoms with Crippen molar-refractivity contribution in [3.05, 3.63) is 50.1 Å². The molecule has 0 fully saturated rings. The van der Waals surface area contributed by atoms with E-state index in [2.05, 4.69) is 28.9 Å². The molecule has 2 rings (SSSR count). The van der Waals surface area contributed by atoms with E-state index >= 15 is 0 Å². The van der Waals surface area contributed by atoms with Gasteiger partial charge in [-0.2, -0.15) is 0 Å². The van der Waals surface area contributed by atoms with Crippen LogP contribution in [0.5, 0.6) is 5.75 Å². The highest BCUT2D eigenvalue weighted by Gasteiger charge is 2.19. The van der Waals surface area contributed by atoms with Crippen LogP contribution < -0.4 is 4.74 Å². The Morgan fingerprint density at radius 3 is 2.79 bits per heavy atom. The second kappa shape index (κ2) is 6.55. The van der Waals surface area contributed by atoms with Gasteiger partial charge in [0.1, 0.15) is 11.9 Å². The lowest BCUT2D eigenvalue weighted by atomic mass is 10.0. The number of aryl methyl sites for hydroxylation is 1. The number of thiophene rings is 1. The molecule has 1 N–H and O–H groups in total. The molecule has 0 radical (unpaired) electrons. The molecule has 0 spiro atoms. The molecule has 1 unspecified atom stereocenters. The summed E-state index contributed by atoms with van der Waals surface area (Å²) in [7, 11) is 0. The maximum Gasteiger partial charge on any atom is 0.125 e. The van der Waals surface area contributed by atoms with Crippen molar-refractivity contribution in [3.63, 3.8) is 0 Å². The minimum atomic E-state index is -0.631. The number of ether oxygens (including phenoxy) is 1. The molecular formula is C15H17BrO2S. The summed E-state index contributed by atoms with van der Waals surface area (Å²) in [6, 6.07) is 7.82. The molecule has 19 heavy (non-hydrogen) atoms. The Balaban J connectivity index is 2.42. The maximum absolute atomic E-state index is 10.6. The highest BCUT2D eigenvalue weighted by Crippen LogP contribution is 2.36. The van der Waals surface area contributed by atoms with Gasteiger partial charge in [-0.1, -0.05) is 22.9 Å². The largest absolute Gasteiger partial charge is 0.493 e. The minimum Gasteiger partial charge on any atom is -0.493 e. The molecule has 1 heterocycles. The molecule has 0 amide bonds. The summed E-state index contributed by atoms with van der Waals surface area (Å²) < 4.78 is 6.55. The van der Waals surface area contributed by atoms with Gasteiger partial charge in [-0.25, -0.2) is 0 Å². The van der Waals surface area contributed by atoms with E-state index in [-0.39, 0.29) is 0 Å². The minimum absolute atomic E-state index is 0.590. The van der Waals surface area contributed by atoms with E-state index in [1.54, 1.807) is 11.3 Å². The Morgan fingerprint density at radius 2 is 2.11 bits per heavy atom. The van der Waals surface area contributed by atoms with Crippen LogP contribution in [0, 0.1) is 0 Å². The van der Waals surface area contributed by atoms with Crippen molar-refractivity contribution in [3.8, 4) is 5.75 Å². The first-order chi connectivity index (χ1) is 9.17. The van der Waals surface area contributed by atoms with E-state index in [4.69, 9.17) is 4.74 Å². The first-order valence-electron chi connectivity index (χ1n) is 6.33. The van der Waals surface area contributed by atoms with Gasteiger partial charge in [-0.3, -0.25) is 0 Å². The van der Waals surface area contributed by atoms with Crippen molar-refractivity contribution in [1.82, 2.24) is 0 Å². The Hall–Kier alpha value is -0.840. The van der Waals surface area contributed by atoms with Crippen LogP contribution in [0.25, 0.3) is 0 Å². The second-order valence-corrected chi connectivity index (χ2v) is 6.04. The van der Waals surface area contributed by atoms with E-state index in [9.17, 15) is 5.11 Å². The average molecular weight is 341 g/mol. The fourth-order valence-electron chi connectivity index (χ4n) is 2.04. The summed E-state index contributed by atoms with van der Waals surface area (Å²) in [6.45, 7) is 4.63. The normalized spacial score (nSPS) is 12.4. The molecule has 2 nitrogen and oxygen atoms in total. The molecule has 4 heteroatoms. The van der Waals surface area contributed by atoms with Gasteiger partial charge in [0.2, 0.25) is 0 Å². The molecule has 1 aromatic carbocycles. The zero-order valence-corrected chi connectivity index (χ0v) is 13.4. The Labute approximate surface area is 126 Å². The topological polar surface area (TPSA) is 29.5 Å². The first kappa shape index (κ1) is 14.6. The predicted octanol–water partition coefficient (Wildman–Crippen LogP) is 4.55.